The molecular weight excluding hydrogens is 326 g/mol. The number of aromatic nitrogens is 1. The van der Waals surface area contributed by atoms with E-state index < -0.39 is 0 Å². The number of rotatable bonds is 4. The molecular formula is C17H21N3O3S. The first-order valence-corrected chi connectivity index (χ1v) is 8.71. The largest absolute Gasteiger partial charge is 0.497 e. The Hall–Kier alpha value is -2.12. The maximum atomic E-state index is 11.5. The van der Waals surface area contributed by atoms with Crippen LogP contribution in [0.25, 0.3) is 10.6 Å². The normalized spacial score (nSPS) is 15.3. The van der Waals surface area contributed by atoms with E-state index in [9.17, 15) is 4.79 Å². The van der Waals surface area contributed by atoms with Gasteiger partial charge in [0.25, 0.3) is 0 Å². The number of amides is 1. The summed E-state index contributed by atoms with van der Waals surface area (Å²) >= 11 is 1.65. The molecule has 3 rings (SSSR count). The lowest BCUT2D eigenvalue weighted by Crippen LogP contribution is -2.48. The number of benzene rings is 1. The summed E-state index contributed by atoms with van der Waals surface area (Å²) in [5, 5.41) is 3.12. The van der Waals surface area contributed by atoms with E-state index in [1.165, 1.54) is 7.11 Å². The van der Waals surface area contributed by atoms with Crippen LogP contribution >= 0.6 is 11.3 Å². The molecule has 0 unspecified atom stereocenters. The molecule has 2 aromatic rings. The Kier molecular flexibility index (Phi) is 5.32. The van der Waals surface area contributed by atoms with E-state index in [1.54, 1.807) is 23.3 Å². The van der Waals surface area contributed by atoms with E-state index in [2.05, 4.69) is 10.3 Å². The quantitative estimate of drug-likeness (QED) is 0.851. The van der Waals surface area contributed by atoms with Gasteiger partial charge in [-0.2, -0.15) is 0 Å². The molecule has 1 aliphatic rings. The van der Waals surface area contributed by atoms with E-state index in [0.717, 1.165) is 41.6 Å². The van der Waals surface area contributed by atoms with Gasteiger partial charge in [-0.3, -0.25) is 4.90 Å². The highest BCUT2D eigenvalue weighted by Crippen LogP contribution is 2.26. The van der Waals surface area contributed by atoms with Gasteiger partial charge >= 0.3 is 6.09 Å². The second-order valence-corrected chi connectivity index (χ2v) is 6.46. The molecule has 0 N–H and O–H groups in total. The van der Waals surface area contributed by atoms with Gasteiger partial charge in [-0.25, -0.2) is 9.78 Å². The maximum absolute atomic E-state index is 11.5. The number of carbonyl (C=O) groups is 1. The molecule has 24 heavy (non-hydrogen) atoms. The van der Waals surface area contributed by atoms with E-state index in [0.29, 0.717) is 13.1 Å². The summed E-state index contributed by atoms with van der Waals surface area (Å²) in [5.74, 6) is 0.846. The molecule has 0 saturated carbocycles. The first-order valence-electron chi connectivity index (χ1n) is 7.83. The highest BCUT2D eigenvalue weighted by molar-refractivity contribution is 7.13. The van der Waals surface area contributed by atoms with Crippen LogP contribution in [0.1, 0.15) is 5.69 Å². The van der Waals surface area contributed by atoms with Crippen LogP contribution in [-0.4, -0.2) is 61.3 Å². The molecule has 1 saturated heterocycles. The third kappa shape index (κ3) is 3.85. The molecule has 1 fully saturated rings. The summed E-state index contributed by atoms with van der Waals surface area (Å²) in [6, 6.07) is 7.94. The number of carbonyl (C=O) groups excluding carboxylic acids is 1. The van der Waals surface area contributed by atoms with Crippen LogP contribution in [0.5, 0.6) is 5.75 Å². The van der Waals surface area contributed by atoms with Gasteiger partial charge in [-0.15, -0.1) is 11.3 Å². The van der Waals surface area contributed by atoms with Crippen molar-refractivity contribution in [2.45, 2.75) is 6.54 Å². The molecule has 1 amide bonds. The van der Waals surface area contributed by atoms with Crippen molar-refractivity contribution < 1.29 is 14.3 Å². The van der Waals surface area contributed by atoms with Crippen LogP contribution in [0, 0.1) is 0 Å². The number of hydrogen-bond acceptors (Lipinski definition) is 6. The molecule has 0 atom stereocenters. The molecule has 0 aliphatic carbocycles. The van der Waals surface area contributed by atoms with Crippen molar-refractivity contribution in [3.63, 3.8) is 0 Å². The molecule has 0 bridgehead atoms. The minimum absolute atomic E-state index is 0.245. The lowest BCUT2D eigenvalue weighted by atomic mass is 10.2. The van der Waals surface area contributed by atoms with Crippen LogP contribution in [-0.2, 0) is 11.3 Å². The first kappa shape index (κ1) is 16.7. The van der Waals surface area contributed by atoms with Gasteiger partial charge in [-0.05, 0) is 24.3 Å². The van der Waals surface area contributed by atoms with Crippen molar-refractivity contribution in [2.75, 3.05) is 40.4 Å². The highest BCUT2D eigenvalue weighted by atomic mass is 32.1. The van der Waals surface area contributed by atoms with E-state index in [4.69, 9.17) is 14.5 Å². The van der Waals surface area contributed by atoms with Gasteiger partial charge in [-0.1, -0.05) is 0 Å². The standard InChI is InChI=1S/C17H21N3O3S/c1-22-15-5-3-13(4-6-15)16-18-14(12-24-16)11-19-7-9-20(10-8-19)17(21)23-2/h3-6,12H,7-11H2,1-2H3. The second-order valence-electron chi connectivity index (χ2n) is 5.61. The average molecular weight is 347 g/mol. The van der Waals surface area contributed by atoms with Crippen LogP contribution in [0.3, 0.4) is 0 Å². The number of piperazine rings is 1. The van der Waals surface area contributed by atoms with Gasteiger partial charge in [0.05, 0.1) is 19.9 Å². The number of nitrogens with zero attached hydrogens (tertiary/aromatic N) is 3. The molecule has 7 heteroatoms. The number of ether oxygens (including phenoxy) is 2. The minimum Gasteiger partial charge on any atom is -0.497 e. The third-order valence-electron chi connectivity index (χ3n) is 4.08. The zero-order valence-corrected chi connectivity index (χ0v) is 14.7. The Morgan fingerprint density at radius 1 is 1.17 bits per heavy atom. The van der Waals surface area contributed by atoms with Crippen LogP contribution in [0.4, 0.5) is 4.79 Å². The maximum Gasteiger partial charge on any atom is 0.409 e. The minimum atomic E-state index is -0.245. The molecule has 0 radical (unpaired) electrons. The zero-order valence-electron chi connectivity index (χ0n) is 13.9. The summed E-state index contributed by atoms with van der Waals surface area (Å²) < 4.78 is 9.94. The number of thiazole rings is 1. The molecule has 2 heterocycles. The fourth-order valence-corrected chi connectivity index (χ4v) is 3.51. The molecule has 128 valence electrons. The summed E-state index contributed by atoms with van der Waals surface area (Å²) in [6.07, 6.45) is -0.245. The Morgan fingerprint density at radius 2 is 1.88 bits per heavy atom. The molecule has 0 spiro atoms. The summed E-state index contributed by atoms with van der Waals surface area (Å²) in [7, 11) is 3.08. The summed E-state index contributed by atoms with van der Waals surface area (Å²) in [4.78, 5) is 20.3. The fraction of sp³-hybridized carbons (Fsp3) is 0.412. The van der Waals surface area contributed by atoms with Gasteiger partial charge in [0, 0.05) is 43.7 Å². The topological polar surface area (TPSA) is 54.9 Å². The summed E-state index contributed by atoms with van der Waals surface area (Å²) in [5.41, 5.74) is 2.17. The summed E-state index contributed by atoms with van der Waals surface area (Å²) in [6.45, 7) is 3.88. The predicted octanol–water partition coefficient (Wildman–Crippen LogP) is 2.70. The first-order chi connectivity index (χ1) is 11.7. The van der Waals surface area contributed by atoms with Gasteiger partial charge in [0.15, 0.2) is 0 Å². The van der Waals surface area contributed by atoms with Crippen molar-refractivity contribution in [3.05, 3.63) is 35.3 Å². The van der Waals surface area contributed by atoms with Gasteiger partial charge < -0.3 is 14.4 Å². The molecule has 1 aliphatic heterocycles. The Morgan fingerprint density at radius 3 is 2.50 bits per heavy atom. The van der Waals surface area contributed by atoms with Crippen molar-refractivity contribution in [1.82, 2.24) is 14.8 Å². The van der Waals surface area contributed by atoms with Crippen LogP contribution in [0.2, 0.25) is 0 Å². The Balaban J connectivity index is 1.57. The smallest absolute Gasteiger partial charge is 0.409 e. The number of methoxy groups -OCH3 is 2. The van der Waals surface area contributed by atoms with Gasteiger partial charge in [0.1, 0.15) is 10.8 Å². The zero-order chi connectivity index (χ0) is 16.9. The highest BCUT2D eigenvalue weighted by Gasteiger charge is 2.21. The number of hydrogen-bond donors (Lipinski definition) is 0. The fourth-order valence-electron chi connectivity index (χ4n) is 2.69. The monoisotopic (exact) mass is 347 g/mol. The third-order valence-corrected chi connectivity index (χ3v) is 5.02. The van der Waals surface area contributed by atoms with Crippen LogP contribution < -0.4 is 4.74 Å². The van der Waals surface area contributed by atoms with E-state index >= 15 is 0 Å². The van der Waals surface area contributed by atoms with Crippen molar-refractivity contribution in [1.29, 1.82) is 0 Å². The molecule has 1 aromatic carbocycles. The second kappa shape index (κ2) is 7.63. The predicted molar refractivity (Wildman–Crippen MR) is 93.4 cm³/mol. The van der Waals surface area contributed by atoms with Crippen molar-refractivity contribution in [2.24, 2.45) is 0 Å². The Bertz CT molecular complexity index is 679. The average Bonchev–Trinajstić information content (AvgIpc) is 3.10. The van der Waals surface area contributed by atoms with Crippen LogP contribution in [0.15, 0.2) is 29.6 Å². The molecule has 6 nitrogen and oxygen atoms in total. The van der Waals surface area contributed by atoms with E-state index in [-0.39, 0.29) is 6.09 Å². The molecule has 1 aromatic heterocycles. The lowest BCUT2D eigenvalue weighted by Gasteiger charge is -2.33. The van der Waals surface area contributed by atoms with Crippen molar-refractivity contribution >= 4 is 17.4 Å². The Labute approximate surface area is 145 Å². The van der Waals surface area contributed by atoms with E-state index in [1.807, 2.05) is 24.3 Å². The SMILES string of the molecule is COC(=O)N1CCN(Cc2csc(-c3ccc(OC)cc3)n2)CC1. The van der Waals surface area contributed by atoms with Gasteiger partial charge in [0.2, 0.25) is 0 Å². The lowest BCUT2D eigenvalue weighted by molar-refractivity contribution is 0.0886. The van der Waals surface area contributed by atoms with Crippen molar-refractivity contribution in [3.8, 4) is 16.3 Å².